The summed E-state index contributed by atoms with van der Waals surface area (Å²) < 4.78 is 0. The van der Waals surface area contributed by atoms with Crippen molar-refractivity contribution in [2.75, 3.05) is 7.05 Å². The molecule has 1 aliphatic carbocycles. The van der Waals surface area contributed by atoms with Crippen molar-refractivity contribution >= 4 is 5.97 Å². The number of carboxylic acids is 1. The third-order valence-electron chi connectivity index (χ3n) is 4.01. The topological polar surface area (TPSA) is 53.4 Å². The monoisotopic (exact) mass is 262 g/mol. The van der Waals surface area contributed by atoms with Crippen molar-refractivity contribution in [1.82, 2.24) is 9.88 Å². The first-order valence-corrected chi connectivity index (χ1v) is 6.94. The molecule has 1 aliphatic rings. The Morgan fingerprint density at radius 2 is 2.32 bits per heavy atom. The Labute approximate surface area is 114 Å². The maximum absolute atomic E-state index is 10.9. The average molecular weight is 262 g/mol. The molecule has 0 aliphatic heterocycles. The Hall–Kier alpha value is -1.42. The zero-order valence-corrected chi connectivity index (χ0v) is 11.7. The van der Waals surface area contributed by atoms with Crippen LogP contribution in [0.15, 0.2) is 18.3 Å². The van der Waals surface area contributed by atoms with E-state index in [4.69, 9.17) is 5.11 Å². The summed E-state index contributed by atoms with van der Waals surface area (Å²) in [7, 11) is 2.13. The molecule has 1 saturated carbocycles. The van der Waals surface area contributed by atoms with E-state index in [1.165, 1.54) is 25.7 Å². The van der Waals surface area contributed by atoms with Crippen LogP contribution in [-0.4, -0.2) is 34.0 Å². The molecular weight excluding hydrogens is 240 g/mol. The minimum absolute atomic E-state index is 0.128. The standard InChI is InChI=1S/C15H22N2O2/c1-11-4-3-5-13(8-11)17(2)10-12-6-7-16-14(9-12)15(18)19/h6-7,9,11,13H,3-5,8,10H2,1-2H3,(H,18,19). The number of carboxylic acid groups (broad SMARTS) is 1. The van der Waals surface area contributed by atoms with Gasteiger partial charge >= 0.3 is 5.97 Å². The van der Waals surface area contributed by atoms with Gasteiger partial charge < -0.3 is 5.11 Å². The van der Waals surface area contributed by atoms with Crippen LogP contribution in [0.25, 0.3) is 0 Å². The molecule has 0 spiro atoms. The molecule has 2 rings (SSSR count). The fourth-order valence-electron chi connectivity index (χ4n) is 2.91. The Balaban J connectivity index is 1.99. The summed E-state index contributed by atoms with van der Waals surface area (Å²) in [5, 5.41) is 8.95. The summed E-state index contributed by atoms with van der Waals surface area (Å²) in [5.74, 6) is -0.163. The average Bonchev–Trinajstić information content (AvgIpc) is 2.39. The van der Waals surface area contributed by atoms with Crippen LogP contribution in [0.1, 0.15) is 48.7 Å². The van der Waals surface area contributed by atoms with Crippen LogP contribution < -0.4 is 0 Å². The molecule has 0 amide bonds. The van der Waals surface area contributed by atoms with Crippen LogP contribution in [0.5, 0.6) is 0 Å². The molecule has 1 heterocycles. The molecule has 1 N–H and O–H groups in total. The molecule has 4 heteroatoms. The molecule has 1 aromatic rings. The van der Waals surface area contributed by atoms with E-state index in [9.17, 15) is 4.79 Å². The Kier molecular flexibility index (Phi) is 4.53. The van der Waals surface area contributed by atoms with Gasteiger partial charge in [-0.1, -0.05) is 19.8 Å². The molecule has 0 radical (unpaired) electrons. The quantitative estimate of drug-likeness (QED) is 0.906. The van der Waals surface area contributed by atoms with Gasteiger partial charge in [-0.05, 0) is 43.5 Å². The van der Waals surface area contributed by atoms with E-state index in [0.29, 0.717) is 6.04 Å². The van der Waals surface area contributed by atoms with Crippen molar-refractivity contribution in [2.24, 2.45) is 5.92 Å². The predicted molar refractivity (Wildman–Crippen MR) is 74.1 cm³/mol. The van der Waals surface area contributed by atoms with Gasteiger partial charge in [0.25, 0.3) is 0 Å². The summed E-state index contributed by atoms with van der Waals surface area (Å²) in [5.41, 5.74) is 1.15. The van der Waals surface area contributed by atoms with Crippen LogP contribution in [0.4, 0.5) is 0 Å². The first kappa shape index (κ1) is 14.0. The van der Waals surface area contributed by atoms with Crippen LogP contribution in [0.3, 0.4) is 0 Å². The van der Waals surface area contributed by atoms with Gasteiger partial charge in [0.05, 0.1) is 0 Å². The van der Waals surface area contributed by atoms with Gasteiger partial charge in [0.1, 0.15) is 5.69 Å². The summed E-state index contributed by atoms with van der Waals surface area (Å²) in [4.78, 5) is 17.1. The first-order chi connectivity index (χ1) is 9.06. The Morgan fingerprint density at radius 1 is 1.53 bits per heavy atom. The van der Waals surface area contributed by atoms with E-state index < -0.39 is 5.97 Å². The zero-order chi connectivity index (χ0) is 13.8. The smallest absolute Gasteiger partial charge is 0.354 e. The molecular formula is C15H22N2O2. The van der Waals surface area contributed by atoms with Crippen LogP contribution >= 0.6 is 0 Å². The summed E-state index contributed by atoms with van der Waals surface area (Å²) >= 11 is 0. The van der Waals surface area contributed by atoms with Gasteiger partial charge in [-0.25, -0.2) is 9.78 Å². The number of aromatic nitrogens is 1. The van der Waals surface area contributed by atoms with E-state index >= 15 is 0 Å². The molecule has 104 valence electrons. The summed E-state index contributed by atoms with van der Waals surface area (Å²) in [6.45, 7) is 3.11. The van der Waals surface area contributed by atoms with E-state index in [2.05, 4.69) is 23.9 Å². The molecule has 19 heavy (non-hydrogen) atoms. The molecule has 2 atom stereocenters. The summed E-state index contributed by atoms with van der Waals surface area (Å²) in [6.07, 6.45) is 6.71. The minimum Gasteiger partial charge on any atom is -0.477 e. The number of pyridine rings is 1. The van der Waals surface area contributed by atoms with Crippen molar-refractivity contribution in [3.8, 4) is 0 Å². The maximum Gasteiger partial charge on any atom is 0.354 e. The lowest BCUT2D eigenvalue weighted by Gasteiger charge is -2.34. The van der Waals surface area contributed by atoms with Gasteiger partial charge in [0, 0.05) is 18.8 Å². The summed E-state index contributed by atoms with van der Waals surface area (Å²) in [6, 6.07) is 4.19. The Morgan fingerprint density at radius 3 is 3.00 bits per heavy atom. The molecule has 0 saturated heterocycles. The van der Waals surface area contributed by atoms with Gasteiger partial charge in [-0.15, -0.1) is 0 Å². The SMILES string of the molecule is CC1CCCC(N(C)Cc2ccnc(C(=O)O)c2)C1. The number of rotatable bonds is 4. The van der Waals surface area contributed by atoms with E-state index in [1.54, 1.807) is 12.3 Å². The number of carbonyl (C=O) groups is 1. The molecule has 4 nitrogen and oxygen atoms in total. The third kappa shape index (κ3) is 3.77. The van der Waals surface area contributed by atoms with Crippen molar-refractivity contribution in [1.29, 1.82) is 0 Å². The third-order valence-corrected chi connectivity index (χ3v) is 4.01. The lowest BCUT2D eigenvalue weighted by molar-refractivity contribution is 0.0690. The number of aromatic carboxylic acids is 1. The lowest BCUT2D eigenvalue weighted by atomic mass is 9.86. The van der Waals surface area contributed by atoms with Crippen LogP contribution in [0, 0.1) is 5.92 Å². The minimum atomic E-state index is -0.962. The van der Waals surface area contributed by atoms with Crippen molar-refractivity contribution in [2.45, 2.75) is 45.2 Å². The normalized spacial score (nSPS) is 23.5. The van der Waals surface area contributed by atoms with Crippen LogP contribution in [-0.2, 0) is 6.54 Å². The first-order valence-electron chi connectivity index (χ1n) is 6.94. The van der Waals surface area contributed by atoms with Gasteiger partial charge in [0.15, 0.2) is 0 Å². The fraction of sp³-hybridized carbons (Fsp3) is 0.600. The molecule has 1 fully saturated rings. The highest BCUT2D eigenvalue weighted by Gasteiger charge is 2.22. The number of hydrogen-bond acceptors (Lipinski definition) is 3. The second-order valence-electron chi connectivity index (χ2n) is 5.70. The van der Waals surface area contributed by atoms with Gasteiger partial charge in [-0.2, -0.15) is 0 Å². The fourth-order valence-corrected chi connectivity index (χ4v) is 2.91. The lowest BCUT2D eigenvalue weighted by Crippen LogP contribution is -2.35. The van der Waals surface area contributed by atoms with E-state index in [-0.39, 0.29) is 5.69 Å². The van der Waals surface area contributed by atoms with Crippen molar-refractivity contribution in [3.63, 3.8) is 0 Å². The second-order valence-corrected chi connectivity index (χ2v) is 5.70. The molecule has 0 bridgehead atoms. The largest absolute Gasteiger partial charge is 0.477 e. The van der Waals surface area contributed by atoms with E-state index in [1.807, 2.05) is 6.07 Å². The molecule has 1 aromatic heterocycles. The number of hydrogen-bond donors (Lipinski definition) is 1. The van der Waals surface area contributed by atoms with Crippen molar-refractivity contribution in [3.05, 3.63) is 29.6 Å². The number of nitrogens with zero attached hydrogens (tertiary/aromatic N) is 2. The maximum atomic E-state index is 10.9. The highest BCUT2D eigenvalue weighted by Crippen LogP contribution is 2.27. The van der Waals surface area contributed by atoms with Gasteiger partial charge in [0.2, 0.25) is 0 Å². The van der Waals surface area contributed by atoms with E-state index in [0.717, 1.165) is 18.0 Å². The van der Waals surface area contributed by atoms with Crippen LogP contribution in [0.2, 0.25) is 0 Å². The zero-order valence-electron chi connectivity index (χ0n) is 11.7. The van der Waals surface area contributed by atoms with Crippen molar-refractivity contribution < 1.29 is 9.90 Å². The van der Waals surface area contributed by atoms with Gasteiger partial charge in [-0.3, -0.25) is 4.90 Å². The highest BCUT2D eigenvalue weighted by molar-refractivity contribution is 5.85. The Bertz CT molecular complexity index is 448. The molecule has 2 unspecified atom stereocenters. The second kappa shape index (κ2) is 6.15. The highest BCUT2D eigenvalue weighted by atomic mass is 16.4. The molecule has 0 aromatic carbocycles. The predicted octanol–water partition coefficient (Wildman–Crippen LogP) is 2.79.